The van der Waals surface area contributed by atoms with Crippen molar-refractivity contribution in [2.24, 2.45) is 0 Å². The lowest BCUT2D eigenvalue weighted by Crippen LogP contribution is -2.23. The monoisotopic (exact) mass is 219 g/mol. The second-order valence-corrected chi connectivity index (χ2v) is 3.22. The number of nitrogens with one attached hydrogen (secondary N) is 1. The molecule has 5 heteroatoms. The molecule has 0 radical (unpaired) electrons. The van der Waals surface area contributed by atoms with Crippen molar-refractivity contribution in [1.29, 1.82) is 0 Å². The highest BCUT2D eigenvalue weighted by Gasteiger charge is 2.08. The van der Waals surface area contributed by atoms with E-state index in [4.69, 9.17) is 21.8 Å². The van der Waals surface area contributed by atoms with E-state index in [1.165, 1.54) is 18.2 Å². The van der Waals surface area contributed by atoms with Gasteiger partial charge < -0.3 is 15.5 Å². The van der Waals surface area contributed by atoms with Crippen LogP contribution in [0.3, 0.4) is 0 Å². The molecule has 78 valence electrons. The third-order valence-corrected chi connectivity index (χ3v) is 2.00. The van der Waals surface area contributed by atoms with Crippen LogP contribution in [0.5, 0.6) is 0 Å². The smallest absolute Gasteiger partial charge is 0.147 e. The molecule has 1 unspecified atom stereocenters. The summed E-state index contributed by atoms with van der Waals surface area (Å²) in [5.74, 6) is -0.484. The number of aliphatic hydroxyl groups is 2. The molecule has 1 aromatic rings. The van der Waals surface area contributed by atoms with Gasteiger partial charge in [0.15, 0.2) is 0 Å². The van der Waals surface area contributed by atoms with Crippen molar-refractivity contribution in [2.75, 3.05) is 18.5 Å². The summed E-state index contributed by atoms with van der Waals surface area (Å²) < 4.78 is 13.1. The van der Waals surface area contributed by atoms with Gasteiger partial charge in [0.05, 0.1) is 23.4 Å². The third kappa shape index (κ3) is 2.83. The Morgan fingerprint density at radius 2 is 2.21 bits per heavy atom. The van der Waals surface area contributed by atoms with Gasteiger partial charge >= 0.3 is 0 Å². The topological polar surface area (TPSA) is 52.5 Å². The van der Waals surface area contributed by atoms with Crippen LogP contribution in [0.15, 0.2) is 18.2 Å². The Morgan fingerprint density at radius 1 is 1.50 bits per heavy atom. The van der Waals surface area contributed by atoms with E-state index < -0.39 is 11.9 Å². The first kappa shape index (κ1) is 11.2. The first-order valence-electron chi connectivity index (χ1n) is 4.12. The van der Waals surface area contributed by atoms with Gasteiger partial charge in [-0.3, -0.25) is 0 Å². The van der Waals surface area contributed by atoms with Gasteiger partial charge in [0.2, 0.25) is 0 Å². The molecule has 0 amide bonds. The van der Waals surface area contributed by atoms with Crippen molar-refractivity contribution >= 4 is 17.3 Å². The Balaban J connectivity index is 2.66. The summed E-state index contributed by atoms with van der Waals surface area (Å²) in [4.78, 5) is 0. The van der Waals surface area contributed by atoms with Crippen LogP contribution in [0, 0.1) is 5.82 Å². The average molecular weight is 220 g/mol. The number of para-hydroxylation sites is 1. The summed E-state index contributed by atoms with van der Waals surface area (Å²) in [7, 11) is 0. The van der Waals surface area contributed by atoms with E-state index in [-0.39, 0.29) is 23.9 Å². The third-order valence-electron chi connectivity index (χ3n) is 1.69. The number of benzene rings is 1. The number of hydrogen-bond acceptors (Lipinski definition) is 3. The van der Waals surface area contributed by atoms with Crippen LogP contribution in [-0.4, -0.2) is 29.5 Å². The number of aliphatic hydroxyl groups excluding tert-OH is 2. The first-order chi connectivity index (χ1) is 6.65. The van der Waals surface area contributed by atoms with Crippen molar-refractivity contribution in [1.82, 2.24) is 0 Å². The van der Waals surface area contributed by atoms with Gasteiger partial charge in [0.25, 0.3) is 0 Å². The van der Waals surface area contributed by atoms with E-state index >= 15 is 0 Å². The number of hydrogen-bond donors (Lipinski definition) is 3. The van der Waals surface area contributed by atoms with Crippen LogP contribution in [0.25, 0.3) is 0 Å². The SMILES string of the molecule is OCC(O)CNc1c(F)cccc1Cl. The average Bonchev–Trinajstić information content (AvgIpc) is 2.16. The lowest BCUT2D eigenvalue weighted by Gasteiger charge is -2.11. The molecule has 0 saturated carbocycles. The molecule has 0 aliphatic carbocycles. The van der Waals surface area contributed by atoms with Gasteiger partial charge in [-0.1, -0.05) is 17.7 Å². The molecule has 0 heterocycles. The molecule has 1 atom stereocenters. The first-order valence-corrected chi connectivity index (χ1v) is 4.49. The quantitative estimate of drug-likeness (QED) is 0.714. The second-order valence-electron chi connectivity index (χ2n) is 2.81. The fourth-order valence-corrected chi connectivity index (χ4v) is 1.18. The van der Waals surface area contributed by atoms with Crippen molar-refractivity contribution in [3.63, 3.8) is 0 Å². The second kappa shape index (κ2) is 5.14. The molecule has 0 spiro atoms. The zero-order valence-corrected chi connectivity index (χ0v) is 8.13. The molecule has 1 aromatic carbocycles. The summed E-state index contributed by atoms with van der Waals surface area (Å²) in [6, 6.07) is 4.29. The van der Waals surface area contributed by atoms with Crippen molar-refractivity contribution < 1.29 is 14.6 Å². The van der Waals surface area contributed by atoms with Crippen LogP contribution >= 0.6 is 11.6 Å². The molecule has 3 nitrogen and oxygen atoms in total. The molecule has 0 bridgehead atoms. The van der Waals surface area contributed by atoms with Crippen LogP contribution in [0.2, 0.25) is 5.02 Å². The molecule has 14 heavy (non-hydrogen) atoms. The summed E-state index contributed by atoms with van der Waals surface area (Å²) in [6.07, 6.45) is -0.925. The lowest BCUT2D eigenvalue weighted by atomic mass is 10.3. The van der Waals surface area contributed by atoms with Gasteiger partial charge in [0.1, 0.15) is 5.82 Å². The summed E-state index contributed by atoms with van der Waals surface area (Å²) in [5.41, 5.74) is 0.140. The van der Waals surface area contributed by atoms with Gasteiger partial charge in [-0.25, -0.2) is 4.39 Å². The van der Waals surface area contributed by atoms with Gasteiger partial charge in [0, 0.05) is 6.54 Å². The van der Waals surface area contributed by atoms with Crippen LogP contribution in [0.4, 0.5) is 10.1 Å². The minimum atomic E-state index is -0.925. The fraction of sp³-hybridized carbons (Fsp3) is 0.333. The Bertz CT molecular complexity index is 289. The number of anilines is 1. The van der Waals surface area contributed by atoms with Gasteiger partial charge in [-0.2, -0.15) is 0 Å². The normalized spacial score (nSPS) is 12.6. The van der Waals surface area contributed by atoms with E-state index in [1.54, 1.807) is 0 Å². The largest absolute Gasteiger partial charge is 0.394 e. The number of halogens is 2. The Morgan fingerprint density at radius 3 is 2.79 bits per heavy atom. The van der Waals surface area contributed by atoms with Crippen molar-refractivity contribution in [3.8, 4) is 0 Å². The fourth-order valence-electron chi connectivity index (χ4n) is 0.951. The minimum Gasteiger partial charge on any atom is -0.394 e. The van der Waals surface area contributed by atoms with Crippen molar-refractivity contribution in [3.05, 3.63) is 29.0 Å². The Labute approximate surface area is 86.1 Å². The van der Waals surface area contributed by atoms with Gasteiger partial charge in [-0.05, 0) is 12.1 Å². The maximum Gasteiger partial charge on any atom is 0.147 e. The van der Waals surface area contributed by atoms with E-state index in [0.717, 1.165) is 0 Å². The number of rotatable bonds is 4. The highest BCUT2D eigenvalue weighted by Crippen LogP contribution is 2.24. The van der Waals surface area contributed by atoms with Crippen LogP contribution in [0.1, 0.15) is 0 Å². The predicted molar refractivity (Wildman–Crippen MR) is 53.0 cm³/mol. The zero-order chi connectivity index (χ0) is 10.6. The lowest BCUT2D eigenvalue weighted by molar-refractivity contribution is 0.105. The Hall–Kier alpha value is -0.840. The van der Waals surface area contributed by atoms with E-state index in [1.807, 2.05) is 0 Å². The Kier molecular flexibility index (Phi) is 4.13. The molecular formula is C9H11ClFNO2. The van der Waals surface area contributed by atoms with Crippen LogP contribution in [-0.2, 0) is 0 Å². The summed E-state index contributed by atoms with van der Waals surface area (Å²) >= 11 is 5.71. The maximum absolute atomic E-state index is 13.1. The van der Waals surface area contributed by atoms with Crippen molar-refractivity contribution in [2.45, 2.75) is 6.10 Å². The molecular weight excluding hydrogens is 209 g/mol. The highest BCUT2D eigenvalue weighted by atomic mass is 35.5. The minimum absolute atomic E-state index is 0.0527. The molecule has 1 rings (SSSR count). The standard InChI is InChI=1S/C9H11ClFNO2/c10-7-2-1-3-8(11)9(7)12-4-6(14)5-13/h1-3,6,12-14H,4-5H2. The molecule has 0 aliphatic rings. The van der Waals surface area contributed by atoms with E-state index in [9.17, 15) is 4.39 Å². The summed E-state index contributed by atoms with van der Waals surface area (Å²) in [6.45, 7) is -0.323. The zero-order valence-electron chi connectivity index (χ0n) is 7.37. The maximum atomic E-state index is 13.1. The van der Waals surface area contributed by atoms with Gasteiger partial charge in [-0.15, -0.1) is 0 Å². The molecule has 0 saturated heterocycles. The molecule has 0 aliphatic heterocycles. The van der Waals surface area contributed by atoms with Crippen LogP contribution < -0.4 is 5.32 Å². The molecule has 0 aromatic heterocycles. The van der Waals surface area contributed by atoms with E-state index in [2.05, 4.69) is 5.32 Å². The highest BCUT2D eigenvalue weighted by molar-refractivity contribution is 6.33. The van der Waals surface area contributed by atoms with E-state index in [0.29, 0.717) is 0 Å². The molecule has 0 fully saturated rings. The molecule has 3 N–H and O–H groups in total. The predicted octanol–water partition coefficient (Wildman–Crippen LogP) is 1.24. The summed E-state index contributed by atoms with van der Waals surface area (Å²) in [5, 5.41) is 20.4.